The zero-order valence-electron chi connectivity index (χ0n) is 8.09. The molecule has 0 aliphatic carbocycles. The second-order valence-electron chi connectivity index (χ2n) is 2.82. The third-order valence-corrected chi connectivity index (χ3v) is 1.73. The first-order valence-corrected chi connectivity index (χ1v) is 4.31. The van der Waals surface area contributed by atoms with Crippen molar-refractivity contribution in [3.05, 3.63) is 48.0 Å². The molecule has 0 atom stereocenters. The molecule has 1 aromatic rings. The molecule has 0 radical (unpaired) electrons. The van der Waals surface area contributed by atoms with Crippen LogP contribution >= 0.6 is 0 Å². The molecule has 0 N–H and O–H groups in total. The van der Waals surface area contributed by atoms with E-state index in [1.807, 2.05) is 30.3 Å². The lowest BCUT2D eigenvalue weighted by atomic mass is 10.1. The molecule has 0 aromatic heterocycles. The Morgan fingerprint density at radius 1 is 1.47 bits per heavy atom. The van der Waals surface area contributed by atoms with Gasteiger partial charge >= 0.3 is 12.2 Å². The minimum atomic E-state index is -0.699. The van der Waals surface area contributed by atoms with Crippen molar-refractivity contribution in [3.63, 3.8) is 0 Å². The van der Waals surface area contributed by atoms with Crippen molar-refractivity contribution in [3.8, 4) is 0 Å². The average Bonchev–Trinajstić information content (AvgIpc) is 2.27. The molecule has 0 heterocycles. The predicted molar refractivity (Wildman–Crippen MR) is 56.1 cm³/mol. The van der Waals surface area contributed by atoms with E-state index in [0.717, 1.165) is 5.56 Å². The standard InChI is InChI=1S/C11H10N2O2/c1-9(8-15-11(14)7-13-12)10-5-3-2-4-6-10/h2-7H,1,8H2. The van der Waals surface area contributed by atoms with Gasteiger partial charge in [-0.05, 0) is 11.1 Å². The number of ether oxygens (including phenoxy) is 1. The molecule has 1 aromatic carbocycles. The van der Waals surface area contributed by atoms with Gasteiger partial charge in [0.1, 0.15) is 6.61 Å². The van der Waals surface area contributed by atoms with Crippen LogP contribution in [0.25, 0.3) is 11.1 Å². The van der Waals surface area contributed by atoms with E-state index >= 15 is 0 Å². The number of carbonyl (C=O) groups excluding carboxylic acids is 1. The Balaban J connectivity index is 2.51. The third kappa shape index (κ3) is 3.58. The molecule has 1 rings (SSSR count). The molecule has 0 fully saturated rings. The van der Waals surface area contributed by atoms with Crippen molar-refractivity contribution >= 4 is 17.8 Å². The number of hydrogen-bond donors (Lipinski definition) is 0. The molecule has 0 saturated carbocycles. The first kappa shape index (κ1) is 10.9. The van der Waals surface area contributed by atoms with Crippen molar-refractivity contribution in [1.29, 1.82) is 0 Å². The molecule has 0 spiro atoms. The van der Waals surface area contributed by atoms with Crippen molar-refractivity contribution in [1.82, 2.24) is 0 Å². The highest BCUT2D eigenvalue weighted by molar-refractivity contribution is 6.20. The van der Waals surface area contributed by atoms with Gasteiger partial charge in [0.05, 0.1) is 0 Å². The maximum absolute atomic E-state index is 10.8. The molecule has 4 heteroatoms. The summed E-state index contributed by atoms with van der Waals surface area (Å²) in [7, 11) is 0. The fourth-order valence-electron chi connectivity index (χ4n) is 1.000. The van der Waals surface area contributed by atoms with Gasteiger partial charge in [-0.2, -0.15) is 4.79 Å². The summed E-state index contributed by atoms with van der Waals surface area (Å²) in [6.07, 6.45) is 0.693. The summed E-state index contributed by atoms with van der Waals surface area (Å²) >= 11 is 0. The van der Waals surface area contributed by atoms with Crippen LogP contribution in [-0.2, 0) is 9.53 Å². The van der Waals surface area contributed by atoms with Crippen molar-refractivity contribution in [2.45, 2.75) is 0 Å². The molecule has 0 saturated heterocycles. The Labute approximate surface area is 87.4 Å². The highest BCUT2D eigenvalue weighted by atomic mass is 16.5. The zero-order chi connectivity index (χ0) is 11.1. The van der Waals surface area contributed by atoms with Gasteiger partial charge in [-0.15, -0.1) is 0 Å². The maximum Gasteiger partial charge on any atom is 0.413 e. The first-order chi connectivity index (χ1) is 7.24. The fourth-order valence-corrected chi connectivity index (χ4v) is 1.000. The fraction of sp³-hybridized carbons (Fsp3) is 0.0909. The topological polar surface area (TPSA) is 62.7 Å². The molecule has 0 aliphatic heterocycles. The largest absolute Gasteiger partial charge is 0.452 e. The van der Waals surface area contributed by atoms with Crippen LogP contribution in [0, 0.1) is 0 Å². The quantitative estimate of drug-likeness (QED) is 0.322. The Bertz CT molecular complexity index is 406. The molecule has 15 heavy (non-hydrogen) atoms. The van der Waals surface area contributed by atoms with E-state index < -0.39 is 5.97 Å². The lowest BCUT2D eigenvalue weighted by molar-refractivity contribution is -0.137. The van der Waals surface area contributed by atoms with Gasteiger partial charge in [-0.1, -0.05) is 36.9 Å². The summed E-state index contributed by atoms with van der Waals surface area (Å²) in [4.78, 5) is 13.4. The Morgan fingerprint density at radius 2 is 2.13 bits per heavy atom. The van der Waals surface area contributed by atoms with Crippen LogP contribution in [0.4, 0.5) is 0 Å². The van der Waals surface area contributed by atoms with E-state index in [2.05, 4.69) is 11.4 Å². The van der Waals surface area contributed by atoms with Crippen molar-refractivity contribution in [2.24, 2.45) is 0 Å². The summed E-state index contributed by atoms with van der Waals surface area (Å²) in [6.45, 7) is 3.85. The number of benzene rings is 1. The van der Waals surface area contributed by atoms with Crippen LogP contribution < -0.4 is 0 Å². The SMILES string of the molecule is C=C(COC(=O)C=[N+]=[N-])c1ccccc1. The summed E-state index contributed by atoms with van der Waals surface area (Å²) in [5, 5.41) is 0. The highest BCUT2D eigenvalue weighted by Crippen LogP contribution is 2.11. The van der Waals surface area contributed by atoms with E-state index in [-0.39, 0.29) is 6.61 Å². The molecular weight excluding hydrogens is 192 g/mol. The summed E-state index contributed by atoms with van der Waals surface area (Å²) in [5.41, 5.74) is 9.66. The van der Waals surface area contributed by atoms with E-state index in [1.54, 1.807) is 0 Å². The average molecular weight is 202 g/mol. The lowest BCUT2D eigenvalue weighted by Gasteiger charge is -2.04. The number of rotatable bonds is 4. The molecule has 0 amide bonds. The molecule has 76 valence electrons. The second-order valence-corrected chi connectivity index (χ2v) is 2.82. The van der Waals surface area contributed by atoms with E-state index in [4.69, 9.17) is 10.3 Å². The van der Waals surface area contributed by atoms with Gasteiger partial charge in [-0.25, -0.2) is 4.79 Å². The van der Waals surface area contributed by atoms with Gasteiger partial charge in [-0.3, -0.25) is 0 Å². The monoisotopic (exact) mass is 202 g/mol. The molecule has 0 unspecified atom stereocenters. The van der Waals surface area contributed by atoms with Crippen molar-refractivity contribution in [2.75, 3.05) is 6.61 Å². The minimum absolute atomic E-state index is 0.0782. The zero-order valence-corrected chi connectivity index (χ0v) is 8.09. The predicted octanol–water partition coefficient (Wildman–Crippen LogP) is 1.54. The summed E-state index contributed by atoms with van der Waals surface area (Å²) < 4.78 is 4.75. The Hall–Kier alpha value is -2.19. The van der Waals surface area contributed by atoms with Crippen LogP contribution in [-0.4, -0.2) is 23.6 Å². The van der Waals surface area contributed by atoms with Crippen LogP contribution in [0.1, 0.15) is 5.56 Å². The number of esters is 1. The van der Waals surface area contributed by atoms with E-state index in [0.29, 0.717) is 11.8 Å². The summed E-state index contributed by atoms with van der Waals surface area (Å²) in [5.74, 6) is -0.699. The normalized spacial score (nSPS) is 8.80. The highest BCUT2D eigenvalue weighted by Gasteiger charge is 2.05. The maximum atomic E-state index is 10.8. The Morgan fingerprint density at radius 3 is 2.73 bits per heavy atom. The molecule has 0 bridgehead atoms. The van der Waals surface area contributed by atoms with Crippen LogP contribution in [0.5, 0.6) is 0 Å². The number of hydrogen-bond acceptors (Lipinski definition) is 2. The van der Waals surface area contributed by atoms with Crippen LogP contribution in [0.15, 0.2) is 36.9 Å². The number of carbonyl (C=O) groups is 1. The minimum Gasteiger partial charge on any atom is -0.452 e. The van der Waals surface area contributed by atoms with E-state index in [9.17, 15) is 4.79 Å². The van der Waals surface area contributed by atoms with Crippen LogP contribution in [0.3, 0.4) is 0 Å². The first-order valence-electron chi connectivity index (χ1n) is 4.31. The number of nitrogens with zero attached hydrogens (tertiary/aromatic N) is 2. The van der Waals surface area contributed by atoms with Gasteiger partial charge in [0.15, 0.2) is 0 Å². The molecule has 4 nitrogen and oxygen atoms in total. The van der Waals surface area contributed by atoms with Crippen LogP contribution in [0.2, 0.25) is 0 Å². The summed E-state index contributed by atoms with van der Waals surface area (Å²) in [6, 6.07) is 9.38. The Kier molecular flexibility index (Phi) is 4.01. The van der Waals surface area contributed by atoms with Crippen molar-refractivity contribution < 1.29 is 14.3 Å². The molecule has 0 aliphatic rings. The smallest absolute Gasteiger partial charge is 0.413 e. The van der Waals surface area contributed by atoms with Gasteiger partial charge < -0.3 is 10.3 Å². The third-order valence-electron chi connectivity index (χ3n) is 1.73. The van der Waals surface area contributed by atoms with E-state index in [1.165, 1.54) is 0 Å². The van der Waals surface area contributed by atoms with Gasteiger partial charge in [0.25, 0.3) is 0 Å². The second kappa shape index (κ2) is 5.52. The lowest BCUT2D eigenvalue weighted by Crippen LogP contribution is -2.08. The molecular formula is C11H10N2O2. The van der Waals surface area contributed by atoms with Gasteiger partial charge in [0, 0.05) is 0 Å². The van der Waals surface area contributed by atoms with Gasteiger partial charge in [0.2, 0.25) is 0 Å².